The number of rotatable bonds is 2. The zero-order valence-corrected chi connectivity index (χ0v) is 10.6. The Hall–Kier alpha value is -1.03. The number of nitrogens with zero attached hydrogens (tertiary/aromatic N) is 2. The van der Waals surface area contributed by atoms with E-state index in [1.54, 1.807) is 0 Å². The SMILES string of the molecule is CCC1CCc2[nH]nc(N3CCNCC3)c2C1. The van der Waals surface area contributed by atoms with Gasteiger partial charge in [-0.25, -0.2) is 0 Å². The fourth-order valence-corrected chi connectivity index (χ4v) is 3.04. The largest absolute Gasteiger partial charge is 0.352 e. The summed E-state index contributed by atoms with van der Waals surface area (Å²) < 4.78 is 0. The van der Waals surface area contributed by atoms with Gasteiger partial charge in [-0.1, -0.05) is 13.3 Å². The lowest BCUT2D eigenvalue weighted by Crippen LogP contribution is -2.44. The lowest BCUT2D eigenvalue weighted by atomic mass is 9.85. The van der Waals surface area contributed by atoms with Gasteiger partial charge in [0.1, 0.15) is 0 Å². The fraction of sp³-hybridized carbons (Fsp3) is 0.769. The van der Waals surface area contributed by atoms with Crippen molar-refractivity contribution in [3.05, 3.63) is 11.3 Å². The lowest BCUT2D eigenvalue weighted by molar-refractivity contribution is 0.442. The minimum atomic E-state index is 0.863. The average Bonchev–Trinajstić information content (AvgIpc) is 2.82. The molecule has 94 valence electrons. The van der Waals surface area contributed by atoms with Crippen LogP contribution in [0.15, 0.2) is 0 Å². The first-order chi connectivity index (χ1) is 8.38. The average molecular weight is 234 g/mol. The van der Waals surface area contributed by atoms with Crippen molar-refractivity contribution in [1.82, 2.24) is 15.5 Å². The van der Waals surface area contributed by atoms with Crippen molar-refractivity contribution in [2.45, 2.75) is 32.6 Å². The molecular formula is C13H22N4. The molecule has 1 aromatic heterocycles. The van der Waals surface area contributed by atoms with Crippen molar-refractivity contribution in [3.63, 3.8) is 0 Å². The third kappa shape index (κ3) is 2.06. The molecule has 0 radical (unpaired) electrons. The van der Waals surface area contributed by atoms with E-state index >= 15 is 0 Å². The molecule has 1 unspecified atom stereocenters. The lowest BCUT2D eigenvalue weighted by Gasteiger charge is -2.30. The number of fused-ring (bicyclic) bond motifs is 1. The molecular weight excluding hydrogens is 212 g/mol. The molecule has 2 N–H and O–H groups in total. The summed E-state index contributed by atoms with van der Waals surface area (Å²) >= 11 is 0. The molecule has 1 aromatic rings. The van der Waals surface area contributed by atoms with E-state index in [1.807, 2.05) is 0 Å². The van der Waals surface area contributed by atoms with Gasteiger partial charge < -0.3 is 10.2 Å². The van der Waals surface area contributed by atoms with Gasteiger partial charge in [-0.2, -0.15) is 5.10 Å². The maximum atomic E-state index is 4.56. The Morgan fingerprint density at radius 2 is 2.18 bits per heavy atom. The summed E-state index contributed by atoms with van der Waals surface area (Å²) in [6.45, 7) is 6.65. The van der Waals surface area contributed by atoms with Crippen LogP contribution < -0.4 is 10.2 Å². The second-order valence-electron chi connectivity index (χ2n) is 5.26. The molecule has 2 aliphatic rings. The molecule has 1 fully saturated rings. The van der Waals surface area contributed by atoms with Crippen molar-refractivity contribution in [2.24, 2.45) is 5.92 Å². The number of nitrogens with one attached hydrogen (secondary N) is 2. The molecule has 1 atom stereocenters. The van der Waals surface area contributed by atoms with Crippen molar-refractivity contribution in [1.29, 1.82) is 0 Å². The summed E-state index contributed by atoms with van der Waals surface area (Å²) in [6, 6.07) is 0. The van der Waals surface area contributed by atoms with Crippen molar-refractivity contribution in [2.75, 3.05) is 31.1 Å². The molecule has 1 saturated heterocycles. The summed E-state index contributed by atoms with van der Waals surface area (Å²) in [5.74, 6) is 2.10. The molecule has 4 heteroatoms. The monoisotopic (exact) mass is 234 g/mol. The third-order valence-electron chi connectivity index (χ3n) is 4.22. The number of aromatic amines is 1. The van der Waals surface area contributed by atoms with E-state index < -0.39 is 0 Å². The van der Waals surface area contributed by atoms with Crippen LogP contribution in [0.1, 0.15) is 31.0 Å². The van der Waals surface area contributed by atoms with Gasteiger partial charge >= 0.3 is 0 Å². The van der Waals surface area contributed by atoms with Crippen LogP contribution in [0.2, 0.25) is 0 Å². The smallest absolute Gasteiger partial charge is 0.153 e. The van der Waals surface area contributed by atoms with E-state index in [-0.39, 0.29) is 0 Å². The van der Waals surface area contributed by atoms with E-state index in [0.717, 1.165) is 32.1 Å². The highest BCUT2D eigenvalue weighted by Gasteiger charge is 2.25. The molecule has 1 aliphatic heterocycles. The fourth-order valence-electron chi connectivity index (χ4n) is 3.04. The number of aryl methyl sites for hydroxylation is 1. The Morgan fingerprint density at radius 1 is 1.35 bits per heavy atom. The first kappa shape index (κ1) is 11.1. The highest BCUT2D eigenvalue weighted by molar-refractivity contribution is 5.50. The van der Waals surface area contributed by atoms with Gasteiger partial charge in [-0.3, -0.25) is 5.10 Å². The minimum absolute atomic E-state index is 0.863. The summed E-state index contributed by atoms with van der Waals surface area (Å²) in [4.78, 5) is 2.43. The highest BCUT2D eigenvalue weighted by atomic mass is 15.3. The van der Waals surface area contributed by atoms with Gasteiger partial charge in [0.05, 0.1) is 0 Å². The Bertz CT molecular complexity index is 379. The molecule has 0 aromatic carbocycles. The van der Waals surface area contributed by atoms with Crippen molar-refractivity contribution >= 4 is 5.82 Å². The minimum Gasteiger partial charge on any atom is -0.352 e. The summed E-state index contributed by atoms with van der Waals surface area (Å²) in [6.07, 6.45) is 5.03. The number of H-pyrrole nitrogens is 1. The first-order valence-corrected chi connectivity index (χ1v) is 6.90. The van der Waals surface area contributed by atoms with Crippen LogP contribution in [0.4, 0.5) is 5.82 Å². The van der Waals surface area contributed by atoms with Crippen LogP contribution in [0.5, 0.6) is 0 Å². The Labute approximate surface area is 103 Å². The zero-order chi connectivity index (χ0) is 11.7. The predicted molar refractivity (Wildman–Crippen MR) is 69.5 cm³/mol. The van der Waals surface area contributed by atoms with Crippen molar-refractivity contribution in [3.8, 4) is 0 Å². The van der Waals surface area contributed by atoms with Crippen LogP contribution >= 0.6 is 0 Å². The first-order valence-electron chi connectivity index (χ1n) is 6.90. The van der Waals surface area contributed by atoms with E-state index in [4.69, 9.17) is 0 Å². The summed E-state index contributed by atoms with van der Waals surface area (Å²) in [5, 5.41) is 11.2. The number of hydrogen-bond acceptors (Lipinski definition) is 3. The van der Waals surface area contributed by atoms with Crippen LogP contribution in [-0.2, 0) is 12.8 Å². The zero-order valence-electron chi connectivity index (χ0n) is 10.6. The maximum absolute atomic E-state index is 4.56. The van der Waals surface area contributed by atoms with Gasteiger partial charge in [0.25, 0.3) is 0 Å². The molecule has 0 saturated carbocycles. The van der Waals surface area contributed by atoms with E-state index in [1.165, 1.54) is 42.8 Å². The van der Waals surface area contributed by atoms with Gasteiger partial charge in [0, 0.05) is 37.4 Å². The molecule has 0 bridgehead atoms. The second kappa shape index (κ2) is 4.69. The molecule has 0 amide bonds. The van der Waals surface area contributed by atoms with Crippen LogP contribution in [0.25, 0.3) is 0 Å². The van der Waals surface area contributed by atoms with Crippen LogP contribution in [0, 0.1) is 5.92 Å². The predicted octanol–water partition coefficient (Wildman–Crippen LogP) is 1.33. The van der Waals surface area contributed by atoms with Gasteiger partial charge in [-0.15, -0.1) is 0 Å². The second-order valence-corrected chi connectivity index (χ2v) is 5.26. The Morgan fingerprint density at radius 3 is 2.94 bits per heavy atom. The Kier molecular flexibility index (Phi) is 3.05. The molecule has 3 rings (SSSR count). The quantitative estimate of drug-likeness (QED) is 0.811. The van der Waals surface area contributed by atoms with E-state index in [9.17, 15) is 0 Å². The van der Waals surface area contributed by atoms with E-state index in [2.05, 4.69) is 27.3 Å². The van der Waals surface area contributed by atoms with Gasteiger partial charge in [0.2, 0.25) is 0 Å². The topological polar surface area (TPSA) is 44.0 Å². The highest BCUT2D eigenvalue weighted by Crippen LogP contribution is 2.32. The molecule has 17 heavy (non-hydrogen) atoms. The Balaban J connectivity index is 1.83. The molecule has 2 heterocycles. The normalized spacial score (nSPS) is 24.8. The standard InChI is InChI=1S/C13H22N4/c1-2-10-3-4-12-11(9-10)13(16-15-12)17-7-5-14-6-8-17/h10,14H,2-9H2,1H3,(H,15,16). The number of hydrogen-bond donors (Lipinski definition) is 2. The molecule has 0 spiro atoms. The number of anilines is 1. The van der Waals surface area contributed by atoms with Gasteiger partial charge in [0.15, 0.2) is 5.82 Å². The summed E-state index contributed by atoms with van der Waals surface area (Å²) in [7, 11) is 0. The summed E-state index contributed by atoms with van der Waals surface area (Å²) in [5.41, 5.74) is 2.90. The molecule has 4 nitrogen and oxygen atoms in total. The van der Waals surface area contributed by atoms with Crippen LogP contribution in [-0.4, -0.2) is 36.4 Å². The van der Waals surface area contributed by atoms with E-state index in [0.29, 0.717) is 0 Å². The van der Waals surface area contributed by atoms with Crippen molar-refractivity contribution < 1.29 is 0 Å². The van der Waals surface area contributed by atoms with Gasteiger partial charge in [-0.05, 0) is 25.2 Å². The molecule has 1 aliphatic carbocycles. The number of aromatic nitrogens is 2. The third-order valence-corrected chi connectivity index (χ3v) is 4.22. The maximum Gasteiger partial charge on any atom is 0.153 e. The number of piperazine rings is 1. The van der Waals surface area contributed by atoms with Crippen LogP contribution in [0.3, 0.4) is 0 Å².